The zero-order valence-corrected chi connectivity index (χ0v) is 18.9. The molecule has 164 valence electrons. The number of nitrogens with one attached hydrogen (secondary N) is 1. The summed E-state index contributed by atoms with van der Waals surface area (Å²) in [6.07, 6.45) is 2.64. The monoisotopic (exact) mass is 446 g/mol. The quantitative estimate of drug-likeness (QED) is 0.480. The molecule has 0 aromatic heterocycles. The molecule has 1 heterocycles. The van der Waals surface area contributed by atoms with Gasteiger partial charge in [-0.25, -0.2) is 0 Å². The third-order valence-corrected chi connectivity index (χ3v) is 6.54. The molecule has 5 heteroatoms. The van der Waals surface area contributed by atoms with Crippen LogP contribution in [0.5, 0.6) is 0 Å². The lowest BCUT2D eigenvalue weighted by Gasteiger charge is -2.34. The average molecular weight is 447 g/mol. The molecule has 1 aliphatic heterocycles. The van der Waals surface area contributed by atoms with E-state index in [-0.39, 0.29) is 11.7 Å². The largest absolute Gasteiger partial charge is 0.324 e. The number of carbonyl (C=O) groups is 2. The van der Waals surface area contributed by atoms with E-state index in [2.05, 4.69) is 22.3 Å². The molecule has 4 nitrogen and oxygen atoms in total. The Morgan fingerprint density at radius 3 is 2.41 bits per heavy atom. The molecule has 0 spiro atoms. The first-order chi connectivity index (χ1) is 15.5. The molecular formula is C27H27ClN2O2. The summed E-state index contributed by atoms with van der Waals surface area (Å²) in [5, 5.41) is 3.50. The molecule has 0 saturated carbocycles. The number of likely N-dealkylation sites (tertiary alicyclic amines) is 1. The number of anilines is 1. The molecule has 0 bridgehead atoms. The summed E-state index contributed by atoms with van der Waals surface area (Å²) in [7, 11) is 0. The van der Waals surface area contributed by atoms with Gasteiger partial charge in [-0.15, -0.1) is 0 Å². The minimum absolute atomic E-state index is 0.0903. The lowest BCUT2D eigenvalue weighted by Crippen LogP contribution is -2.51. The van der Waals surface area contributed by atoms with E-state index in [1.165, 1.54) is 5.56 Å². The lowest BCUT2D eigenvalue weighted by molar-refractivity contribution is -0.125. The van der Waals surface area contributed by atoms with Crippen molar-refractivity contribution in [3.8, 4) is 0 Å². The van der Waals surface area contributed by atoms with Crippen LogP contribution in [-0.2, 0) is 11.2 Å². The number of rotatable bonds is 7. The summed E-state index contributed by atoms with van der Waals surface area (Å²) < 4.78 is 0. The summed E-state index contributed by atoms with van der Waals surface area (Å²) in [4.78, 5) is 28.8. The Bertz CT molecular complexity index is 1100. The Labute approximate surface area is 194 Å². The normalized spacial score (nSPS) is 18.4. The maximum absolute atomic E-state index is 13.5. The highest BCUT2D eigenvalue weighted by atomic mass is 35.5. The van der Waals surface area contributed by atoms with Crippen molar-refractivity contribution in [2.45, 2.75) is 31.7 Å². The number of carbonyl (C=O) groups excluding carboxylic acids is 2. The van der Waals surface area contributed by atoms with Crippen LogP contribution in [0, 0.1) is 0 Å². The van der Waals surface area contributed by atoms with Gasteiger partial charge in [-0.3, -0.25) is 14.5 Å². The smallest absolute Gasteiger partial charge is 0.244 e. The highest BCUT2D eigenvalue weighted by molar-refractivity contribution is 6.31. The van der Waals surface area contributed by atoms with Crippen LogP contribution in [0.15, 0.2) is 78.9 Å². The molecule has 3 aromatic carbocycles. The Morgan fingerprint density at radius 2 is 1.69 bits per heavy atom. The number of hydrogen-bond donors (Lipinski definition) is 1. The third-order valence-electron chi connectivity index (χ3n) is 6.30. The van der Waals surface area contributed by atoms with Crippen LogP contribution >= 0.6 is 11.6 Å². The molecule has 1 fully saturated rings. The molecule has 0 aliphatic carbocycles. The molecular weight excluding hydrogens is 420 g/mol. The van der Waals surface area contributed by atoms with E-state index in [0.717, 1.165) is 32.4 Å². The van der Waals surface area contributed by atoms with Crippen LogP contribution in [0.2, 0.25) is 5.02 Å². The summed E-state index contributed by atoms with van der Waals surface area (Å²) in [6, 6.07) is 24.4. The number of halogens is 1. The van der Waals surface area contributed by atoms with Crippen molar-refractivity contribution in [2.75, 3.05) is 18.4 Å². The van der Waals surface area contributed by atoms with Gasteiger partial charge in [0.1, 0.15) is 0 Å². The molecule has 0 radical (unpaired) electrons. The van der Waals surface area contributed by atoms with Gasteiger partial charge in [0, 0.05) is 22.7 Å². The standard InChI is InChI=1S/C27H27ClN2O2/c1-27(16-8-17-30(27)18-15-20-9-4-2-5-10-20)26(32)29-24-14-13-22(28)19-23(24)25(31)21-11-6-3-7-12-21/h2-7,9-14,19H,8,15-18H2,1H3,(H,29,32). The summed E-state index contributed by atoms with van der Waals surface area (Å²) in [6.45, 7) is 3.69. The van der Waals surface area contributed by atoms with Gasteiger partial charge >= 0.3 is 0 Å². The second-order valence-electron chi connectivity index (χ2n) is 8.44. The fourth-order valence-electron chi connectivity index (χ4n) is 4.36. The topological polar surface area (TPSA) is 49.4 Å². The van der Waals surface area contributed by atoms with Crippen LogP contribution in [0.1, 0.15) is 41.3 Å². The zero-order chi connectivity index (χ0) is 22.6. The van der Waals surface area contributed by atoms with Crippen LogP contribution in [0.4, 0.5) is 5.69 Å². The minimum atomic E-state index is -0.624. The first-order valence-electron chi connectivity index (χ1n) is 11.0. The third kappa shape index (κ3) is 4.77. The van der Waals surface area contributed by atoms with E-state index in [4.69, 9.17) is 11.6 Å². The predicted octanol–water partition coefficient (Wildman–Crippen LogP) is 5.61. The van der Waals surface area contributed by atoms with Crippen molar-refractivity contribution in [1.82, 2.24) is 4.90 Å². The van der Waals surface area contributed by atoms with Gasteiger partial charge in [-0.1, -0.05) is 72.3 Å². The number of nitrogens with zero attached hydrogens (tertiary/aromatic N) is 1. The SMILES string of the molecule is CC1(C(=O)Nc2ccc(Cl)cc2C(=O)c2ccccc2)CCCN1CCc1ccccc1. The highest BCUT2D eigenvalue weighted by Crippen LogP contribution is 2.32. The molecule has 1 atom stereocenters. The van der Waals surface area contributed by atoms with Gasteiger partial charge in [0.25, 0.3) is 0 Å². The van der Waals surface area contributed by atoms with Crippen LogP contribution in [0.25, 0.3) is 0 Å². The van der Waals surface area contributed by atoms with Gasteiger partial charge in [0.15, 0.2) is 5.78 Å². The van der Waals surface area contributed by atoms with Crippen molar-refractivity contribution in [2.24, 2.45) is 0 Å². The molecule has 1 N–H and O–H groups in total. The maximum Gasteiger partial charge on any atom is 0.244 e. The number of hydrogen-bond acceptors (Lipinski definition) is 3. The Hall–Kier alpha value is -2.95. The van der Waals surface area contributed by atoms with Gasteiger partial charge in [-0.05, 0) is 56.5 Å². The van der Waals surface area contributed by atoms with Crippen molar-refractivity contribution in [3.05, 3.63) is 101 Å². The molecule has 32 heavy (non-hydrogen) atoms. The molecule has 1 unspecified atom stereocenters. The van der Waals surface area contributed by atoms with E-state index >= 15 is 0 Å². The van der Waals surface area contributed by atoms with Crippen molar-refractivity contribution in [3.63, 3.8) is 0 Å². The molecule has 1 amide bonds. The minimum Gasteiger partial charge on any atom is -0.324 e. The first-order valence-corrected chi connectivity index (χ1v) is 11.3. The van der Waals surface area contributed by atoms with E-state index in [9.17, 15) is 9.59 Å². The second kappa shape index (κ2) is 9.68. The lowest BCUT2D eigenvalue weighted by atomic mass is 9.96. The zero-order valence-electron chi connectivity index (χ0n) is 18.2. The van der Waals surface area contributed by atoms with Crippen LogP contribution in [0.3, 0.4) is 0 Å². The number of amides is 1. The maximum atomic E-state index is 13.5. The molecule has 1 aliphatic rings. The Balaban J connectivity index is 1.53. The second-order valence-corrected chi connectivity index (χ2v) is 8.88. The van der Waals surface area contributed by atoms with Gasteiger partial charge in [0.05, 0.1) is 11.2 Å². The first kappa shape index (κ1) is 22.3. The molecule has 3 aromatic rings. The van der Waals surface area contributed by atoms with Crippen molar-refractivity contribution >= 4 is 29.0 Å². The highest BCUT2D eigenvalue weighted by Gasteiger charge is 2.43. The summed E-state index contributed by atoms with van der Waals surface area (Å²) >= 11 is 6.19. The fraction of sp³-hybridized carbons (Fsp3) is 0.259. The molecule has 1 saturated heterocycles. The van der Waals surface area contributed by atoms with Gasteiger partial charge < -0.3 is 5.32 Å². The van der Waals surface area contributed by atoms with Crippen LogP contribution in [-0.4, -0.2) is 35.2 Å². The number of ketones is 1. The Morgan fingerprint density at radius 1 is 1.00 bits per heavy atom. The average Bonchev–Trinajstić information content (AvgIpc) is 3.21. The van der Waals surface area contributed by atoms with E-state index in [1.54, 1.807) is 30.3 Å². The summed E-state index contributed by atoms with van der Waals surface area (Å²) in [5.74, 6) is -0.256. The van der Waals surface area contributed by atoms with Crippen molar-refractivity contribution < 1.29 is 9.59 Å². The van der Waals surface area contributed by atoms with Crippen molar-refractivity contribution in [1.29, 1.82) is 0 Å². The molecule has 4 rings (SSSR count). The summed E-state index contributed by atoms with van der Waals surface area (Å²) in [5.41, 5.74) is 2.08. The van der Waals surface area contributed by atoms with Gasteiger partial charge in [-0.2, -0.15) is 0 Å². The van der Waals surface area contributed by atoms with Gasteiger partial charge in [0.2, 0.25) is 5.91 Å². The van der Waals surface area contributed by atoms with E-state index in [0.29, 0.717) is 21.8 Å². The number of benzene rings is 3. The predicted molar refractivity (Wildman–Crippen MR) is 129 cm³/mol. The van der Waals surface area contributed by atoms with E-state index < -0.39 is 5.54 Å². The fourth-order valence-corrected chi connectivity index (χ4v) is 4.53. The Kier molecular flexibility index (Phi) is 6.73. The van der Waals surface area contributed by atoms with E-state index in [1.807, 2.05) is 43.3 Å². The van der Waals surface area contributed by atoms with Crippen LogP contribution < -0.4 is 5.32 Å².